The summed E-state index contributed by atoms with van der Waals surface area (Å²) in [6.45, 7) is 9.07. The van der Waals surface area contributed by atoms with Gasteiger partial charge >= 0.3 is 0 Å². The van der Waals surface area contributed by atoms with Gasteiger partial charge in [-0.3, -0.25) is 4.79 Å². The third-order valence-electron chi connectivity index (χ3n) is 3.35. The molecule has 1 amide bonds. The number of nitrogens with zero attached hydrogens (tertiary/aromatic N) is 1. The van der Waals surface area contributed by atoms with Gasteiger partial charge in [-0.15, -0.1) is 0 Å². The number of amides is 1. The Hall–Kier alpha value is -0.570. The minimum atomic E-state index is -0.225. The first kappa shape index (κ1) is 9.97. The van der Waals surface area contributed by atoms with Crippen molar-refractivity contribution < 1.29 is 4.79 Å². The van der Waals surface area contributed by atoms with Gasteiger partial charge in [-0.1, -0.05) is 20.8 Å². The topological polar surface area (TPSA) is 32.3 Å². The molecule has 14 heavy (non-hydrogen) atoms. The van der Waals surface area contributed by atoms with Gasteiger partial charge in [0.2, 0.25) is 5.91 Å². The Bertz CT molecular complexity index is 244. The van der Waals surface area contributed by atoms with E-state index in [9.17, 15) is 4.79 Å². The fourth-order valence-corrected chi connectivity index (χ4v) is 2.53. The summed E-state index contributed by atoms with van der Waals surface area (Å²) in [5.41, 5.74) is -0.225. The van der Waals surface area contributed by atoms with E-state index in [1.807, 2.05) is 20.8 Å². The van der Waals surface area contributed by atoms with E-state index < -0.39 is 0 Å². The molecule has 2 unspecified atom stereocenters. The highest BCUT2D eigenvalue weighted by atomic mass is 16.2. The highest BCUT2D eigenvalue weighted by Crippen LogP contribution is 2.30. The van der Waals surface area contributed by atoms with Crippen LogP contribution in [0.4, 0.5) is 0 Å². The Labute approximate surface area is 85.8 Å². The van der Waals surface area contributed by atoms with Gasteiger partial charge in [0, 0.05) is 31.1 Å². The van der Waals surface area contributed by atoms with Gasteiger partial charge in [-0.2, -0.15) is 0 Å². The number of nitrogens with one attached hydrogen (secondary N) is 1. The average Bonchev–Trinajstić information content (AvgIpc) is 2.59. The molecule has 2 fully saturated rings. The Kier molecular flexibility index (Phi) is 2.30. The second kappa shape index (κ2) is 3.23. The van der Waals surface area contributed by atoms with E-state index >= 15 is 0 Å². The van der Waals surface area contributed by atoms with E-state index in [2.05, 4.69) is 10.2 Å². The van der Waals surface area contributed by atoms with E-state index in [-0.39, 0.29) is 5.41 Å². The minimum Gasteiger partial charge on any atom is -0.338 e. The number of hydrogen-bond acceptors (Lipinski definition) is 2. The zero-order valence-electron chi connectivity index (χ0n) is 9.34. The number of rotatable bonds is 0. The van der Waals surface area contributed by atoms with Gasteiger partial charge in [0.05, 0.1) is 0 Å². The number of likely N-dealkylation sites (tertiary alicyclic amines) is 1. The summed E-state index contributed by atoms with van der Waals surface area (Å²) in [6.07, 6.45) is 1.18. The van der Waals surface area contributed by atoms with Crippen molar-refractivity contribution in [3.8, 4) is 0 Å². The van der Waals surface area contributed by atoms with E-state index in [1.54, 1.807) is 0 Å². The molecule has 2 rings (SSSR count). The monoisotopic (exact) mass is 196 g/mol. The normalized spacial score (nSPS) is 32.1. The molecule has 0 saturated carbocycles. The van der Waals surface area contributed by atoms with Gasteiger partial charge in [0.25, 0.3) is 0 Å². The molecule has 2 heterocycles. The molecular formula is C11H20N2O. The molecule has 2 aliphatic rings. The van der Waals surface area contributed by atoms with Crippen LogP contribution in [-0.4, -0.2) is 36.5 Å². The van der Waals surface area contributed by atoms with Crippen molar-refractivity contribution in [2.24, 2.45) is 11.3 Å². The van der Waals surface area contributed by atoms with Crippen LogP contribution < -0.4 is 5.32 Å². The van der Waals surface area contributed by atoms with Gasteiger partial charge in [-0.05, 0) is 12.3 Å². The Morgan fingerprint density at radius 3 is 2.71 bits per heavy atom. The first-order valence-electron chi connectivity index (χ1n) is 5.52. The van der Waals surface area contributed by atoms with Crippen LogP contribution in [-0.2, 0) is 4.79 Å². The summed E-state index contributed by atoms with van der Waals surface area (Å²) >= 11 is 0. The maximum absolute atomic E-state index is 12.1. The molecular weight excluding hydrogens is 176 g/mol. The zero-order valence-corrected chi connectivity index (χ0v) is 9.34. The second-order valence-electron chi connectivity index (χ2n) is 5.52. The molecule has 0 aromatic carbocycles. The van der Waals surface area contributed by atoms with Crippen molar-refractivity contribution in [3.63, 3.8) is 0 Å². The minimum absolute atomic E-state index is 0.225. The fourth-order valence-electron chi connectivity index (χ4n) is 2.53. The molecule has 2 saturated heterocycles. The Balaban J connectivity index is 2.09. The van der Waals surface area contributed by atoms with Crippen LogP contribution in [0.25, 0.3) is 0 Å². The van der Waals surface area contributed by atoms with Gasteiger partial charge in [0.1, 0.15) is 0 Å². The van der Waals surface area contributed by atoms with Crippen LogP contribution >= 0.6 is 0 Å². The number of hydrogen-bond donors (Lipinski definition) is 1. The van der Waals surface area contributed by atoms with E-state index in [0.29, 0.717) is 17.9 Å². The van der Waals surface area contributed by atoms with Crippen molar-refractivity contribution in [2.75, 3.05) is 19.6 Å². The second-order valence-corrected chi connectivity index (χ2v) is 5.52. The molecule has 80 valence electrons. The highest BCUT2D eigenvalue weighted by Gasteiger charge is 2.42. The lowest BCUT2D eigenvalue weighted by molar-refractivity contribution is -0.140. The summed E-state index contributed by atoms with van der Waals surface area (Å²) in [5, 5.41) is 3.37. The zero-order chi connectivity index (χ0) is 10.3. The molecule has 2 atom stereocenters. The number of carbonyl (C=O) groups is 1. The molecule has 0 spiro atoms. The largest absolute Gasteiger partial charge is 0.338 e. The average molecular weight is 196 g/mol. The van der Waals surface area contributed by atoms with Gasteiger partial charge < -0.3 is 10.2 Å². The van der Waals surface area contributed by atoms with Gasteiger partial charge in [-0.25, -0.2) is 0 Å². The summed E-state index contributed by atoms with van der Waals surface area (Å²) in [7, 11) is 0. The third kappa shape index (κ3) is 1.54. The first-order chi connectivity index (χ1) is 6.50. The molecule has 0 radical (unpaired) electrons. The van der Waals surface area contributed by atoms with Crippen molar-refractivity contribution in [1.29, 1.82) is 0 Å². The third-order valence-corrected chi connectivity index (χ3v) is 3.35. The first-order valence-corrected chi connectivity index (χ1v) is 5.52. The predicted molar refractivity (Wildman–Crippen MR) is 55.9 cm³/mol. The molecule has 0 aliphatic carbocycles. The van der Waals surface area contributed by atoms with Crippen molar-refractivity contribution in [1.82, 2.24) is 10.2 Å². The molecule has 0 aromatic rings. The number of carbonyl (C=O) groups excluding carboxylic acids is 1. The number of fused-ring (bicyclic) bond motifs is 1. The molecule has 2 aliphatic heterocycles. The van der Waals surface area contributed by atoms with Crippen LogP contribution in [0.3, 0.4) is 0 Å². The lowest BCUT2D eigenvalue weighted by Crippen LogP contribution is -2.44. The predicted octanol–water partition coefficient (Wildman–Crippen LogP) is 0.853. The van der Waals surface area contributed by atoms with Crippen molar-refractivity contribution >= 4 is 5.91 Å². The Morgan fingerprint density at radius 2 is 2.07 bits per heavy atom. The molecule has 0 aromatic heterocycles. The van der Waals surface area contributed by atoms with Crippen LogP contribution in [0.2, 0.25) is 0 Å². The van der Waals surface area contributed by atoms with Gasteiger partial charge in [0.15, 0.2) is 0 Å². The summed E-state index contributed by atoms with van der Waals surface area (Å²) in [4.78, 5) is 14.2. The SMILES string of the molecule is CC(C)(C)C(=O)N1CCC2CNCC21. The standard InChI is InChI=1S/C11H20N2O/c1-11(2,3)10(14)13-5-4-8-6-12-7-9(8)13/h8-9,12H,4-7H2,1-3H3. The van der Waals surface area contributed by atoms with Crippen molar-refractivity contribution in [2.45, 2.75) is 33.2 Å². The quantitative estimate of drug-likeness (QED) is 0.623. The van der Waals surface area contributed by atoms with Crippen LogP contribution in [0.1, 0.15) is 27.2 Å². The lowest BCUT2D eigenvalue weighted by atomic mass is 9.94. The maximum atomic E-state index is 12.1. The molecule has 3 nitrogen and oxygen atoms in total. The van der Waals surface area contributed by atoms with Crippen molar-refractivity contribution in [3.05, 3.63) is 0 Å². The molecule has 0 bridgehead atoms. The summed E-state index contributed by atoms with van der Waals surface area (Å²) in [5.74, 6) is 1.02. The summed E-state index contributed by atoms with van der Waals surface area (Å²) in [6, 6.07) is 0.474. The smallest absolute Gasteiger partial charge is 0.228 e. The van der Waals surface area contributed by atoms with E-state index in [1.165, 1.54) is 6.42 Å². The Morgan fingerprint density at radius 1 is 1.36 bits per heavy atom. The fraction of sp³-hybridized carbons (Fsp3) is 0.909. The van der Waals surface area contributed by atoms with Crippen LogP contribution in [0, 0.1) is 11.3 Å². The molecule has 1 N–H and O–H groups in total. The summed E-state index contributed by atoms with van der Waals surface area (Å²) < 4.78 is 0. The van der Waals surface area contributed by atoms with E-state index in [0.717, 1.165) is 19.6 Å². The van der Waals surface area contributed by atoms with E-state index in [4.69, 9.17) is 0 Å². The lowest BCUT2D eigenvalue weighted by Gasteiger charge is -2.30. The maximum Gasteiger partial charge on any atom is 0.228 e. The van der Waals surface area contributed by atoms with Crippen LogP contribution in [0.15, 0.2) is 0 Å². The highest BCUT2D eigenvalue weighted by molar-refractivity contribution is 5.82. The molecule has 3 heteroatoms. The van der Waals surface area contributed by atoms with Crippen LogP contribution in [0.5, 0.6) is 0 Å².